The molecule has 0 aromatic carbocycles. The van der Waals surface area contributed by atoms with Crippen molar-refractivity contribution in [1.82, 2.24) is 10.6 Å². The molecule has 1 amide bonds. The van der Waals surface area contributed by atoms with Crippen molar-refractivity contribution in [1.29, 1.82) is 0 Å². The molecule has 0 aliphatic rings. The van der Waals surface area contributed by atoms with Gasteiger partial charge >= 0.3 is 0 Å². The molecule has 0 spiro atoms. The number of unbranched alkanes of at least 4 members (excludes halogenated alkanes) is 7. The molecule has 0 heterocycles. The van der Waals surface area contributed by atoms with E-state index in [-0.39, 0.29) is 5.91 Å². The third kappa shape index (κ3) is 13.7. The van der Waals surface area contributed by atoms with Crippen LogP contribution in [0.2, 0.25) is 0 Å². The molecular formula is C16H34N2O. The summed E-state index contributed by atoms with van der Waals surface area (Å²) in [5, 5.41) is 6.17. The van der Waals surface area contributed by atoms with Crippen LogP contribution in [0.4, 0.5) is 0 Å². The number of carbonyl (C=O) groups is 1. The van der Waals surface area contributed by atoms with Crippen molar-refractivity contribution in [3.8, 4) is 0 Å². The van der Waals surface area contributed by atoms with E-state index in [1.807, 2.05) is 0 Å². The van der Waals surface area contributed by atoms with E-state index in [1.165, 1.54) is 44.9 Å². The summed E-state index contributed by atoms with van der Waals surface area (Å²) in [5.41, 5.74) is 0. The lowest BCUT2D eigenvalue weighted by molar-refractivity contribution is -0.120. The average Bonchev–Trinajstić information content (AvgIpc) is 2.42. The van der Waals surface area contributed by atoms with Gasteiger partial charge in [-0.15, -0.1) is 0 Å². The van der Waals surface area contributed by atoms with E-state index in [0.717, 1.165) is 19.4 Å². The molecule has 3 nitrogen and oxygen atoms in total. The minimum Gasteiger partial charge on any atom is -0.355 e. The van der Waals surface area contributed by atoms with E-state index >= 15 is 0 Å². The lowest BCUT2D eigenvalue weighted by Crippen LogP contribution is -2.38. The van der Waals surface area contributed by atoms with Crippen LogP contribution in [0.1, 0.15) is 78.6 Å². The fraction of sp³-hybridized carbons (Fsp3) is 0.938. The Morgan fingerprint density at radius 2 is 1.53 bits per heavy atom. The lowest BCUT2D eigenvalue weighted by Gasteiger charge is -2.11. The van der Waals surface area contributed by atoms with Crippen LogP contribution >= 0.6 is 0 Å². The summed E-state index contributed by atoms with van der Waals surface area (Å²) in [6.07, 6.45) is 11.5. The summed E-state index contributed by atoms with van der Waals surface area (Å²) >= 11 is 0. The summed E-state index contributed by atoms with van der Waals surface area (Å²) < 4.78 is 0. The van der Waals surface area contributed by atoms with Gasteiger partial charge in [-0.2, -0.15) is 0 Å². The Kier molecular flexibility index (Phi) is 13.4. The number of hydrogen-bond donors (Lipinski definition) is 2. The van der Waals surface area contributed by atoms with Crippen molar-refractivity contribution in [3.05, 3.63) is 0 Å². The minimum absolute atomic E-state index is 0.128. The zero-order valence-corrected chi connectivity index (χ0v) is 13.3. The molecule has 0 fully saturated rings. The van der Waals surface area contributed by atoms with Crippen LogP contribution in [0.5, 0.6) is 0 Å². The third-order valence-electron chi connectivity index (χ3n) is 3.58. The van der Waals surface area contributed by atoms with Gasteiger partial charge in [0.1, 0.15) is 0 Å². The lowest BCUT2D eigenvalue weighted by atomic mass is 10.1. The molecule has 1 unspecified atom stereocenters. The molecule has 1 atom stereocenters. The maximum absolute atomic E-state index is 11.5. The Morgan fingerprint density at radius 1 is 0.947 bits per heavy atom. The van der Waals surface area contributed by atoms with Gasteiger partial charge in [0.2, 0.25) is 5.91 Å². The van der Waals surface area contributed by atoms with Crippen LogP contribution in [-0.4, -0.2) is 25.0 Å². The first-order chi connectivity index (χ1) is 9.20. The van der Waals surface area contributed by atoms with Gasteiger partial charge in [-0.05, 0) is 19.8 Å². The van der Waals surface area contributed by atoms with Gasteiger partial charge in [-0.1, -0.05) is 58.8 Å². The summed E-state index contributed by atoms with van der Waals surface area (Å²) in [6, 6.07) is 0.425. The highest BCUT2D eigenvalue weighted by molar-refractivity contribution is 5.77. The van der Waals surface area contributed by atoms with Crippen LogP contribution in [-0.2, 0) is 4.79 Å². The highest BCUT2D eigenvalue weighted by Crippen LogP contribution is 2.07. The minimum atomic E-state index is 0.128. The molecule has 0 aliphatic carbocycles. The molecule has 0 aliphatic heterocycles. The monoisotopic (exact) mass is 270 g/mol. The summed E-state index contributed by atoms with van der Waals surface area (Å²) in [4.78, 5) is 11.5. The zero-order valence-electron chi connectivity index (χ0n) is 13.3. The molecule has 0 saturated carbocycles. The SMILES string of the molecule is CCCCCCCCCCNC(=O)CNC(C)CC. The smallest absolute Gasteiger partial charge is 0.233 e. The second-order valence-electron chi connectivity index (χ2n) is 5.52. The van der Waals surface area contributed by atoms with Crippen LogP contribution in [0, 0.1) is 0 Å². The Bertz CT molecular complexity index is 207. The highest BCUT2D eigenvalue weighted by atomic mass is 16.1. The highest BCUT2D eigenvalue weighted by Gasteiger charge is 2.02. The van der Waals surface area contributed by atoms with Crippen molar-refractivity contribution in [2.24, 2.45) is 0 Å². The average molecular weight is 270 g/mol. The fourth-order valence-corrected chi connectivity index (χ4v) is 1.96. The second kappa shape index (κ2) is 13.9. The van der Waals surface area contributed by atoms with E-state index < -0.39 is 0 Å². The molecule has 0 bridgehead atoms. The molecule has 0 saturated heterocycles. The van der Waals surface area contributed by atoms with Crippen molar-refractivity contribution in [2.45, 2.75) is 84.6 Å². The van der Waals surface area contributed by atoms with Gasteiger partial charge in [0.25, 0.3) is 0 Å². The maximum atomic E-state index is 11.5. The molecule has 0 rings (SSSR count). The predicted octanol–water partition coefficient (Wildman–Crippen LogP) is 3.63. The molecule has 2 N–H and O–H groups in total. The number of rotatable bonds is 13. The van der Waals surface area contributed by atoms with Crippen LogP contribution in [0.15, 0.2) is 0 Å². The van der Waals surface area contributed by atoms with Gasteiger partial charge in [0.05, 0.1) is 6.54 Å². The first-order valence-electron chi connectivity index (χ1n) is 8.20. The van der Waals surface area contributed by atoms with Gasteiger partial charge in [0.15, 0.2) is 0 Å². The molecule has 0 aromatic rings. The Balaban J connectivity index is 3.18. The zero-order chi connectivity index (χ0) is 14.3. The van der Waals surface area contributed by atoms with E-state index in [0.29, 0.717) is 12.6 Å². The normalized spacial score (nSPS) is 12.4. The van der Waals surface area contributed by atoms with Gasteiger partial charge in [0, 0.05) is 12.6 Å². The second-order valence-corrected chi connectivity index (χ2v) is 5.52. The number of hydrogen-bond acceptors (Lipinski definition) is 2. The molecular weight excluding hydrogens is 236 g/mol. The first-order valence-corrected chi connectivity index (χ1v) is 8.20. The van der Waals surface area contributed by atoms with Gasteiger partial charge in [-0.25, -0.2) is 0 Å². The largest absolute Gasteiger partial charge is 0.355 e. The molecule has 114 valence electrons. The molecule has 0 radical (unpaired) electrons. The third-order valence-corrected chi connectivity index (χ3v) is 3.58. The van der Waals surface area contributed by atoms with Gasteiger partial charge in [-0.3, -0.25) is 4.79 Å². The van der Waals surface area contributed by atoms with E-state index in [1.54, 1.807) is 0 Å². The van der Waals surface area contributed by atoms with E-state index in [2.05, 4.69) is 31.4 Å². The van der Waals surface area contributed by atoms with Crippen molar-refractivity contribution in [2.75, 3.05) is 13.1 Å². The van der Waals surface area contributed by atoms with Crippen LogP contribution < -0.4 is 10.6 Å². The summed E-state index contributed by atoms with van der Waals surface area (Å²) in [5.74, 6) is 0.128. The molecule has 19 heavy (non-hydrogen) atoms. The number of amides is 1. The fourth-order valence-electron chi connectivity index (χ4n) is 1.96. The predicted molar refractivity (Wildman–Crippen MR) is 83.4 cm³/mol. The quantitative estimate of drug-likeness (QED) is 0.502. The van der Waals surface area contributed by atoms with Gasteiger partial charge < -0.3 is 10.6 Å². The van der Waals surface area contributed by atoms with E-state index in [4.69, 9.17) is 0 Å². The van der Waals surface area contributed by atoms with Crippen LogP contribution in [0.25, 0.3) is 0 Å². The van der Waals surface area contributed by atoms with Crippen molar-refractivity contribution < 1.29 is 4.79 Å². The Labute approximate surface area is 119 Å². The van der Waals surface area contributed by atoms with Crippen molar-refractivity contribution >= 4 is 5.91 Å². The van der Waals surface area contributed by atoms with Crippen molar-refractivity contribution in [3.63, 3.8) is 0 Å². The molecule has 3 heteroatoms. The van der Waals surface area contributed by atoms with E-state index in [9.17, 15) is 4.79 Å². The Morgan fingerprint density at radius 3 is 2.11 bits per heavy atom. The van der Waals surface area contributed by atoms with Crippen LogP contribution in [0.3, 0.4) is 0 Å². The first kappa shape index (κ1) is 18.4. The standard InChI is InChI=1S/C16H34N2O/c1-4-6-7-8-9-10-11-12-13-17-16(19)14-18-15(3)5-2/h15,18H,4-14H2,1-3H3,(H,17,19). The number of nitrogens with one attached hydrogen (secondary N) is 2. The topological polar surface area (TPSA) is 41.1 Å². The molecule has 0 aromatic heterocycles. The maximum Gasteiger partial charge on any atom is 0.233 e. The summed E-state index contributed by atoms with van der Waals surface area (Å²) in [6.45, 7) is 7.75. The number of carbonyl (C=O) groups excluding carboxylic acids is 1. The Hall–Kier alpha value is -0.570. The summed E-state index contributed by atoms with van der Waals surface area (Å²) in [7, 11) is 0.